The van der Waals surface area contributed by atoms with Crippen LogP contribution in [0.5, 0.6) is 5.75 Å². The number of fused-ring (bicyclic) bond motifs is 3. The summed E-state index contributed by atoms with van der Waals surface area (Å²) in [6, 6.07) is 4.98. The second-order valence-electron chi connectivity index (χ2n) is 7.93. The van der Waals surface area contributed by atoms with Crippen molar-refractivity contribution in [2.75, 3.05) is 12.4 Å². The average molecular weight is 414 g/mol. The van der Waals surface area contributed by atoms with E-state index in [2.05, 4.69) is 5.32 Å². The first-order valence-electron chi connectivity index (χ1n) is 9.10. The summed E-state index contributed by atoms with van der Waals surface area (Å²) in [5, 5.41) is 3.20. The van der Waals surface area contributed by atoms with Gasteiger partial charge in [-0.05, 0) is 45.9 Å². The van der Waals surface area contributed by atoms with Crippen LogP contribution < -0.4 is 10.1 Å². The monoisotopic (exact) mass is 413 g/mol. The van der Waals surface area contributed by atoms with Gasteiger partial charge in [-0.3, -0.25) is 4.79 Å². The first-order chi connectivity index (χ1) is 13.1. The third kappa shape index (κ3) is 3.60. The molecule has 0 aromatic heterocycles. The molecule has 3 saturated heterocycles. The molecule has 28 heavy (non-hydrogen) atoms. The normalized spacial score (nSPS) is 35.1. The highest BCUT2D eigenvalue weighted by molar-refractivity contribution is 6.32. The summed E-state index contributed by atoms with van der Waals surface area (Å²) < 4.78 is 34.8. The molecule has 5 atom stereocenters. The predicted molar refractivity (Wildman–Crippen MR) is 99.2 cm³/mol. The fraction of sp³-hybridized carbons (Fsp3) is 0.632. The number of nitrogens with one attached hydrogen (secondary N) is 1. The van der Waals surface area contributed by atoms with Gasteiger partial charge in [0.25, 0.3) is 5.91 Å². The topological polar surface area (TPSA) is 84.5 Å². The van der Waals surface area contributed by atoms with E-state index in [0.717, 1.165) is 0 Å². The molecule has 3 heterocycles. The van der Waals surface area contributed by atoms with Gasteiger partial charge in [-0.2, -0.15) is 0 Å². The zero-order valence-corrected chi connectivity index (χ0v) is 17.1. The number of ether oxygens (including phenoxy) is 6. The SMILES string of the molecule is COc1ccc(NC(=O)[C@@H]2O[C@H]3OC(C)(C)O[C@@H]3[C@@H]3OC(C)(C)O[C@H]32)cc1Cl. The Labute approximate surface area is 168 Å². The number of hydrogen-bond acceptors (Lipinski definition) is 7. The minimum Gasteiger partial charge on any atom is -0.495 e. The molecule has 1 aromatic rings. The molecule has 154 valence electrons. The van der Waals surface area contributed by atoms with Gasteiger partial charge in [0.05, 0.1) is 12.1 Å². The van der Waals surface area contributed by atoms with E-state index in [1.54, 1.807) is 45.9 Å². The van der Waals surface area contributed by atoms with Crippen LogP contribution in [0.1, 0.15) is 27.7 Å². The molecular weight excluding hydrogens is 390 g/mol. The van der Waals surface area contributed by atoms with E-state index in [1.807, 2.05) is 0 Å². The highest BCUT2D eigenvalue weighted by atomic mass is 35.5. The molecule has 1 aromatic carbocycles. The van der Waals surface area contributed by atoms with Crippen LogP contribution >= 0.6 is 11.6 Å². The van der Waals surface area contributed by atoms with Crippen molar-refractivity contribution >= 4 is 23.2 Å². The lowest BCUT2D eigenvalue weighted by Crippen LogP contribution is -2.58. The number of rotatable bonds is 3. The molecule has 0 bridgehead atoms. The molecule has 8 nitrogen and oxygen atoms in total. The largest absolute Gasteiger partial charge is 0.495 e. The first kappa shape index (κ1) is 19.9. The van der Waals surface area contributed by atoms with Crippen LogP contribution in [-0.4, -0.2) is 55.3 Å². The van der Waals surface area contributed by atoms with Crippen LogP contribution in [-0.2, 0) is 28.5 Å². The molecule has 3 aliphatic heterocycles. The number of methoxy groups -OCH3 is 1. The smallest absolute Gasteiger partial charge is 0.256 e. The Balaban J connectivity index is 1.56. The van der Waals surface area contributed by atoms with Gasteiger partial charge in [-0.15, -0.1) is 0 Å². The minimum absolute atomic E-state index is 0.385. The molecule has 3 aliphatic rings. The molecule has 0 saturated carbocycles. The van der Waals surface area contributed by atoms with Gasteiger partial charge in [-0.25, -0.2) is 0 Å². The van der Waals surface area contributed by atoms with Gasteiger partial charge < -0.3 is 33.7 Å². The van der Waals surface area contributed by atoms with Crippen molar-refractivity contribution in [3.63, 3.8) is 0 Å². The summed E-state index contributed by atoms with van der Waals surface area (Å²) in [6.45, 7) is 7.16. The average Bonchev–Trinajstić information content (AvgIpc) is 3.08. The zero-order chi connectivity index (χ0) is 20.3. The van der Waals surface area contributed by atoms with E-state index >= 15 is 0 Å². The van der Waals surface area contributed by atoms with Crippen molar-refractivity contribution in [3.8, 4) is 5.75 Å². The summed E-state index contributed by atoms with van der Waals surface area (Å²) in [5.74, 6) is -1.58. The van der Waals surface area contributed by atoms with E-state index in [9.17, 15) is 4.79 Å². The van der Waals surface area contributed by atoms with Crippen molar-refractivity contribution in [1.82, 2.24) is 0 Å². The second kappa shape index (κ2) is 6.83. The maximum absolute atomic E-state index is 13.0. The van der Waals surface area contributed by atoms with Gasteiger partial charge >= 0.3 is 0 Å². The van der Waals surface area contributed by atoms with Crippen LogP contribution in [0.15, 0.2) is 18.2 Å². The number of anilines is 1. The Morgan fingerprint density at radius 3 is 2.36 bits per heavy atom. The maximum atomic E-state index is 13.0. The van der Waals surface area contributed by atoms with Crippen LogP contribution in [0.25, 0.3) is 0 Å². The Hall–Kier alpha value is -1.42. The number of benzene rings is 1. The highest BCUT2D eigenvalue weighted by Crippen LogP contribution is 2.44. The van der Waals surface area contributed by atoms with Gasteiger partial charge in [-0.1, -0.05) is 11.6 Å². The molecule has 1 N–H and O–H groups in total. The van der Waals surface area contributed by atoms with Crippen LogP contribution in [0.2, 0.25) is 5.02 Å². The van der Waals surface area contributed by atoms with Crippen LogP contribution in [0, 0.1) is 0 Å². The second-order valence-corrected chi connectivity index (χ2v) is 8.34. The standard InChI is InChI=1S/C19H24ClNO7/c1-18(2)25-12-13(26-18)15-17(28-19(3,4)27-15)24-14(12)16(22)21-9-6-7-11(23-5)10(20)8-9/h6-8,12-15,17H,1-5H3,(H,21,22)/t12-,13-,14-,15-,17+/m1/s1. The van der Waals surface area contributed by atoms with Gasteiger partial charge in [0.2, 0.25) is 0 Å². The lowest BCUT2D eigenvalue weighted by atomic mass is 9.98. The maximum Gasteiger partial charge on any atom is 0.256 e. The summed E-state index contributed by atoms with van der Waals surface area (Å²) in [7, 11) is 1.52. The number of amides is 1. The summed E-state index contributed by atoms with van der Waals surface area (Å²) in [4.78, 5) is 13.0. The Bertz CT molecular complexity index is 784. The van der Waals surface area contributed by atoms with Crippen molar-refractivity contribution < 1.29 is 33.2 Å². The Kier molecular flexibility index (Phi) is 4.85. The molecule has 0 spiro atoms. The van der Waals surface area contributed by atoms with Crippen molar-refractivity contribution in [2.24, 2.45) is 0 Å². The molecule has 4 rings (SSSR count). The van der Waals surface area contributed by atoms with E-state index in [1.165, 1.54) is 7.11 Å². The predicted octanol–water partition coefficient (Wildman–Crippen LogP) is 2.68. The number of carbonyl (C=O) groups excluding carboxylic acids is 1. The van der Waals surface area contributed by atoms with Crippen LogP contribution in [0.4, 0.5) is 5.69 Å². The third-order valence-electron chi connectivity index (χ3n) is 4.83. The van der Waals surface area contributed by atoms with Gasteiger partial charge in [0, 0.05) is 5.69 Å². The lowest BCUT2D eigenvalue weighted by Gasteiger charge is -2.36. The fourth-order valence-corrected chi connectivity index (χ4v) is 4.04. The van der Waals surface area contributed by atoms with E-state index in [-0.39, 0.29) is 5.91 Å². The molecule has 9 heteroatoms. The van der Waals surface area contributed by atoms with Crippen molar-refractivity contribution in [2.45, 2.75) is 70.0 Å². The first-order valence-corrected chi connectivity index (χ1v) is 9.47. The van der Waals surface area contributed by atoms with Gasteiger partial charge in [0.1, 0.15) is 24.1 Å². The van der Waals surface area contributed by atoms with Crippen molar-refractivity contribution in [1.29, 1.82) is 0 Å². The van der Waals surface area contributed by atoms with Crippen molar-refractivity contribution in [3.05, 3.63) is 23.2 Å². The Morgan fingerprint density at radius 2 is 1.68 bits per heavy atom. The van der Waals surface area contributed by atoms with E-state index in [4.69, 9.17) is 40.0 Å². The fourth-order valence-electron chi connectivity index (χ4n) is 3.78. The molecule has 0 unspecified atom stereocenters. The van der Waals surface area contributed by atoms with E-state index < -0.39 is 42.3 Å². The Morgan fingerprint density at radius 1 is 1.04 bits per heavy atom. The van der Waals surface area contributed by atoms with Gasteiger partial charge in [0.15, 0.2) is 24.0 Å². The quantitative estimate of drug-likeness (QED) is 0.815. The summed E-state index contributed by atoms with van der Waals surface area (Å²) in [6.07, 6.45) is -3.29. The van der Waals surface area contributed by atoms with Crippen LogP contribution in [0.3, 0.4) is 0 Å². The zero-order valence-electron chi connectivity index (χ0n) is 16.4. The summed E-state index contributed by atoms with van der Waals surface area (Å²) >= 11 is 6.14. The number of hydrogen-bond donors (Lipinski definition) is 1. The molecule has 0 radical (unpaired) electrons. The molecule has 3 fully saturated rings. The molecule has 1 amide bonds. The molecular formula is C19H24ClNO7. The van der Waals surface area contributed by atoms with E-state index in [0.29, 0.717) is 16.5 Å². The highest BCUT2D eigenvalue weighted by Gasteiger charge is 2.62. The molecule has 0 aliphatic carbocycles. The number of carbonyl (C=O) groups is 1. The third-order valence-corrected chi connectivity index (χ3v) is 5.13. The lowest BCUT2D eigenvalue weighted by molar-refractivity contribution is -0.229. The minimum atomic E-state index is -0.939. The number of halogens is 1. The summed E-state index contributed by atoms with van der Waals surface area (Å²) in [5.41, 5.74) is 0.514.